The molecular formula is C21H24O2S. The van der Waals surface area contributed by atoms with Gasteiger partial charge in [0.1, 0.15) is 5.75 Å². The number of fused-ring (bicyclic) bond motifs is 3. The van der Waals surface area contributed by atoms with E-state index >= 15 is 0 Å². The standard InChI is InChI=1S/C21H24O2S/c1-11-6-12(2)8-14(7-11)23-10-17(22)20-15-9-16-19(21(16,4)5)18(15)13(3)24-20/h6-8,16,19H,9-10H2,1-5H3/t16-,19-/m1/s1. The first-order valence-corrected chi connectivity index (χ1v) is 9.47. The van der Waals surface area contributed by atoms with Gasteiger partial charge in [0.05, 0.1) is 4.88 Å². The normalized spacial score (nSPS) is 22.9. The summed E-state index contributed by atoms with van der Waals surface area (Å²) >= 11 is 1.67. The van der Waals surface area contributed by atoms with Crippen molar-refractivity contribution in [3.05, 3.63) is 50.2 Å². The number of aryl methyl sites for hydroxylation is 3. The molecule has 2 aliphatic rings. The SMILES string of the molecule is Cc1cc(C)cc(OCC(=O)c2sc(C)c3c2C[C@@H]2[C@H]3C2(C)C)c1. The van der Waals surface area contributed by atoms with E-state index in [1.54, 1.807) is 11.3 Å². The minimum Gasteiger partial charge on any atom is -0.485 e. The van der Waals surface area contributed by atoms with Crippen LogP contribution in [0.5, 0.6) is 5.75 Å². The molecule has 0 radical (unpaired) electrons. The lowest BCUT2D eigenvalue weighted by atomic mass is 9.95. The highest BCUT2D eigenvalue weighted by atomic mass is 32.1. The first-order chi connectivity index (χ1) is 11.3. The number of thiophene rings is 1. The van der Waals surface area contributed by atoms with Crippen molar-refractivity contribution in [2.75, 3.05) is 6.61 Å². The minimum atomic E-state index is 0.127. The summed E-state index contributed by atoms with van der Waals surface area (Å²) in [7, 11) is 0. The maximum atomic E-state index is 12.7. The zero-order valence-electron chi connectivity index (χ0n) is 15.0. The largest absolute Gasteiger partial charge is 0.485 e. The van der Waals surface area contributed by atoms with Gasteiger partial charge in [0.2, 0.25) is 5.78 Å². The van der Waals surface area contributed by atoms with E-state index in [2.05, 4.69) is 26.8 Å². The molecule has 0 N–H and O–H groups in total. The summed E-state index contributed by atoms with van der Waals surface area (Å²) in [6, 6.07) is 6.09. The number of benzene rings is 1. The van der Waals surface area contributed by atoms with Crippen molar-refractivity contribution < 1.29 is 9.53 Å². The van der Waals surface area contributed by atoms with Crippen LogP contribution in [-0.4, -0.2) is 12.4 Å². The van der Waals surface area contributed by atoms with Gasteiger partial charge in [0.15, 0.2) is 6.61 Å². The van der Waals surface area contributed by atoms with Crippen LogP contribution in [0.15, 0.2) is 18.2 Å². The molecule has 2 aromatic rings. The minimum absolute atomic E-state index is 0.127. The van der Waals surface area contributed by atoms with Crippen LogP contribution in [0.25, 0.3) is 0 Å². The van der Waals surface area contributed by atoms with E-state index in [1.165, 1.54) is 16.0 Å². The molecule has 0 bridgehead atoms. The van der Waals surface area contributed by atoms with Crippen molar-refractivity contribution in [2.24, 2.45) is 11.3 Å². The van der Waals surface area contributed by atoms with Crippen LogP contribution in [0.2, 0.25) is 0 Å². The number of Topliss-reactive ketones (excluding diaryl/α,β-unsaturated/α-hetero) is 1. The molecule has 2 nitrogen and oxygen atoms in total. The van der Waals surface area contributed by atoms with Crippen molar-refractivity contribution in [1.82, 2.24) is 0 Å². The molecule has 2 atom stereocenters. The zero-order valence-corrected chi connectivity index (χ0v) is 15.8. The summed E-state index contributed by atoms with van der Waals surface area (Å²) in [5.41, 5.74) is 5.54. The second-order valence-corrected chi connectivity index (χ2v) is 9.25. The number of ketones is 1. The summed E-state index contributed by atoms with van der Waals surface area (Å²) in [5, 5.41) is 0. The molecule has 126 valence electrons. The molecule has 3 heteroatoms. The maximum absolute atomic E-state index is 12.7. The molecule has 0 unspecified atom stereocenters. The van der Waals surface area contributed by atoms with E-state index in [0.717, 1.165) is 34.1 Å². The maximum Gasteiger partial charge on any atom is 0.210 e. The Morgan fingerprint density at radius 3 is 2.54 bits per heavy atom. The number of rotatable bonds is 4. The summed E-state index contributed by atoms with van der Waals surface area (Å²) in [6.45, 7) is 11.1. The average molecular weight is 340 g/mol. The van der Waals surface area contributed by atoms with Crippen molar-refractivity contribution >= 4 is 17.1 Å². The topological polar surface area (TPSA) is 26.3 Å². The van der Waals surface area contributed by atoms with Crippen LogP contribution in [0.1, 0.15) is 56.6 Å². The third kappa shape index (κ3) is 2.33. The molecule has 1 saturated carbocycles. The fourth-order valence-electron chi connectivity index (χ4n) is 4.59. The Bertz CT molecular complexity index is 824. The summed E-state index contributed by atoms with van der Waals surface area (Å²) in [6.07, 6.45) is 1.07. The van der Waals surface area contributed by atoms with Gasteiger partial charge in [0, 0.05) is 4.88 Å². The Kier molecular flexibility index (Phi) is 3.44. The number of hydrogen-bond acceptors (Lipinski definition) is 3. The molecule has 0 amide bonds. The Morgan fingerprint density at radius 1 is 1.21 bits per heavy atom. The average Bonchev–Trinajstić information content (AvgIpc) is 2.83. The van der Waals surface area contributed by atoms with Gasteiger partial charge in [-0.2, -0.15) is 0 Å². The molecule has 1 aromatic carbocycles. The lowest BCUT2D eigenvalue weighted by Crippen LogP contribution is -2.13. The van der Waals surface area contributed by atoms with Gasteiger partial charge in [-0.15, -0.1) is 11.3 Å². The predicted molar refractivity (Wildman–Crippen MR) is 98.5 cm³/mol. The Labute approximate surface area is 147 Å². The zero-order chi connectivity index (χ0) is 17.2. The summed E-state index contributed by atoms with van der Waals surface area (Å²) < 4.78 is 5.79. The third-order valence-electron chi connectivity index (χ3n) is 5.84. The highest BCUT2D eigenvalue weighted by molar-refractivity contribution is 7.14. The van der Waals surface area contributed by atoms with Crippen molar-refractivity contribution in [2.45, 2.75) is 47.0 Å². The fraction of sp³-hybridized carbons (Fsp3) is 0.476. The molecular weight excluding hydrogens is 316 g/mol. The molecule has 1 fully saturated rings. The van der Waals surface area contributed by atoms with E-state index in [4.69, 9.17) is 4.74 Å². The quantitative estimate of drug-likeness (QED) is 0.712. The smallest absolute Gasteiger partial charge is 0.210 e. The van der Waals surface area contributed by atoms with Gasteiger partial charge in [0.25, 0.3) is 0 Å². The van der Waals surface area contributed by atoms with E-state index < -0.39 is 0 Å². The molecule has 2 aliphatic carbocycles. The Morgan fingerprint density at radius 2 is 1.88 bits per heavy atom. The van der Waals surface area contributed by atoms with Crippen LogP contribution in [0, 0.1) is 32.1 Å². The lowest BCUT2D eigenvalue weighted by Gasteiger charge is -2.10. The van der Waals surface area contributed by atoms with Crippen LogP contribution in [-0.2, 0) is 6.42 Å². The third-order valence-corrected chi connectivity index (χ3v) is 7.04. The van der Waals surface area contributed by atoms with Crippen LogP contribution in [0.4, 0.5) is 0 Å². The molecule has 1 heterocycles. The Balaban J connectivity index is 1.52. The lowest BCUT2D eigenvalue weighted by molar-refractivity contribution is 0.0924. The van der Waals surface area contributed by atoms with E-state index in [0.29, 0.717) is 11.3 Å². The van der Waals surface area contributed by atoms with Gasteiger partial charge < -0.3 is 4.74 Å². The van der Waals surface area contributed by atoms with E-state index in [1.807, 2.05) is 26.0 Å². The van der Waals surface area contributed by atoms with Crippen LogP contribution in [0.3, 0.4) is 0 Å². The van der Waals surface area contributed by atoms with Gasteiger partial charge in [-0.05, 0) is 78.8 Å². The van der Waals surface area contributed by atoms with Gasteiger partial charge in [-0.25, -0.2) is 0 Å². The highest BCUT2D eigenvalue weighted by Crippen LogP contribution is 2.71. The van der Waals surface area contributed by atoms with Gasteiger partial charge >= 0.3 is 0 Å². The van der Waals surface area contributed by atoms with Crippen molar-refractivity contribution in [3.63, 3.8) is 0 Å². The highest BCUT2D eigenvalue weighted by Gasteiger charge is 2.63. The number of carbonyl (C=O) groups is 1. The van der Waals surface area contributed by atoms with Crippen molar-refractivity contribution in [3.8, 4) is 5.75 Å². The predicted octanol–water partition coefficient (Wildman–Crippen LogP) is 5.23. The molecule has 0 spiro atoms. The molecule has 24 heavy (non-hydrogen) atoms. The fourth-order valence-corrected chi connectivity index (χ4v) is 5.74. The molecule has 0 aliphatic heterocycles. The molecule has 0 saturated heterocycles. The van der Waals surface area contributed by atoms with Crippen LogP contribution < -0.4 is 4.74 Å². The number of ether oxygens (including phenoxy) is 1. The van der Waals surface area contributed by atoms with Gasteiger partial charge in [-0.3, -0.25) is 4.79 Å². The second-order valence-electron chi connectivity index (χ2n) is 8.02. The molecule has 4 rings (SSSR count). The summed E-state index contributed by atoms with van der Waals surface area (Å²) in [5.74, 6) is 2.32. The first kappa shape index (κ1) is 15.9. The van der Waals surface area contributed by atoms with Crippen molar-refractivity contribution in [1.29, 1.82) is 0 Å². The van der Waals surface area contributed by atoms with E-state index in [-0.39, 0.29) is 12.4 Å². The number of hydrogen-bond donors (Lipinski definition) is 0. The first-order valence-electron chi connectivity index (χ1n) is 8.65. The second kappa shape index (κ2) is 5.19. The van der Waals surface area contributed by atoms with Crippen LogP contribution >= 0.6 is 11.3 Å². The molecule has 1 aromatic heterocycles. The monoisotopic (exact) mass is 340 g/mol. The van der Waals surface area contributed by atoms with Gasteiger partial charge in [-0.1, -0.05) is 19.9 Å². The summed E-state index contributed by atoms with van der Waals surface area (Å²) in [4.78, 5) is 15.0. The Hall–Kier alpha value is -1.61. The number of carbonyl (C=O) groups excluding carboxylic acids is 1. The van der Waals surface area contributed by atoms with E-state index in [9.17, 15) is 4.79 Å².